The van der Waals surface area contributed by atoms with Crippen LogP contribution < -0.4 is 0 Å². The second kappa shape index (κ2) is 4.38. The van der Waals surface area contributed by atoms with E-state index >= 15 is 0 Å². The molecular weight excluding hydrogens is 156 g/mol. The van der Waals surface area contributed by atoms with Crippen molar-refractivity contribution in [3.8, 4) is 0 Å². The summed E-state index contributed by atoms with van der Waals surface area (Å²) < 4.78 is 9.39. The Hall–Kier alpha value is -1.51. The molecule has 3 heteroatoms. The number of rotatable bonds is 2. The Morgan fingerprint density at radius 1 is 1.58 bits per heavy atom. The first-order chi connectivity index (χ1) is 5.83. The number of hydrogen-bond acceptors (Lipinski definition) is 3. The summed E-state index contributed by atoms with van der Waals surface area (Å²) in [6.45, 7) is 0. The van der Waals surface area contributed by atoms with Crippen LogP contribution in [0.2, 0.25) is 0 Å². The van der Waals surface area contributed by atoms with Gasteiger partial charge in [-0.05, 0) is 17.7 Å². The van der Waals surface area contributed by atoms with E-state index in [1.54, 1.807) is 24.5 Å². The fourth-order valence-corrected chi connectivity index (χ4v) is 0.793. The van der Waals surface area contributed by atoms with E-state index in [9.17, 15) is 4.79 Å². The highest BCUT2D eigenvalue weighted by atomic mass is 16.5. The quantitative estimate of drug-likeness (QED) is 0.583. The van der Waals surface area contributed by atoms with Gasteiger partial charge in [-0.2, -0.15) is 0 Å². The first kappa shape index (κ1) is 8.59. The molecule has 64 valence electrons. The predicted molar refractivity (Wildman–Crippen MR) is 44.1 cm³/mol. The predicted octanol–water partition coefficient (Wildman–Crippen LogP) is 1.53. The molecule has 0 fully saturated rings. The minimum atomic E-state index is -0.249. The number of ether oxygens (including phenoxy) is 2. The number of esters is 1. The standard InChI is InChI=1S/C9H10O3/c1-11-9(10)7-8-3-2-5-12-6-4-8/h2-6H,7H2,1H3. The van der Waals surface area contributed by atoms with Gasteiger partial charge in [-0.25, -0.2) is 0 Å². The number of allylic oxidation sites excluding steroid dienone is 3. The third kappa shape index (κ3) is 2.62. The zero-order chi connectivity index (χ0) is 8.81. The third-order valence-corrected chi connectivity index (χ3v) is 1.40. The van der Waals surface area contributed by atoms with Crippen molar-refractivity contribution in [3.05, 3.63) is 36.3 Å². The van der Waals surface area contributed by atoms with Crippen LogP contribution in [0.1, 0.15) is 6.42 Å². The highest BCUT2D eigenvalue weighted by Crippen LogP contribution is 2.07. The molecule has 0 aromatic heterocycles. The van der Waals surface area contributed by atoms with Crippen LogP contribution in [0.4, 0.5) is 0 Å². The summed E-state index contributed by atoms with van der Waals surface area (Å²) in [5.74, 6) is -0.249. The van der Waals surface area contributed by atoms with Crippen molar-refractivity contribution in [1.82, 2.24) is 0 Å². The van der Waals surface area contributed by atoms with E-state index in [0.29, 0.717) is 0 Å². The summed E-state index contributed by atoms with van der Waals surface area (Å²) in [6, 6.07) is 0. The van der Waals surface area contributed by atoms with E-state index in [4.69, 9.17) is 4.74 Å². The number of hydrogen-bond donors (Lipinski definition) is 0. The van der Waals surface area contributed by atoms with Crippen LogP contribution >= 0.6 is 0 Å². The van der Waals surface area contributed by atoms with E-state index in [1.807, 2.05) is 0 Å². The maximum atomic E-state index is 10.8. The number of carbonyl (C=O) groups is 1. The lowest BCUT2D eigenvalue weighted by atomic mass is 10.2. The van der Waals surface area contributed by atoms with Crippen LogP contribution in [0, 0.1) is 0 Å². The molecule has 0 aliphatic carbocycles. The van der Waals surface area contributed by atoms with Gasteiger partial charge in [-0.1, -0.05) is 6.08 Å². The summed E-state index contributed by atoms with van der Waals surface area (Å²) in [5, 5.41) is 0. The summed E-state index contributed by atoms with van der Waals surface area (Å²) in [6.07, 6.45) is 8.62. The summed E-state index contributed by atoms with van der Waals surface area (Å²) >= 11 is 0. The number of methoxy groups -OCH3 is 1. The molecule has 0 unspecified atom stereocenters. The van der Waals surface area contributed by atoms with Crippen molar-refractivity contribution >= 4 is 5.97 Å². The molecule has 12 heavy (non-hydrogen) atoms. The van der Waals surface area contributed by atoms with Crippen molar-refractivity contribution in [2.75, 3.05) is 7.11 Å². The Labute approximate surface area is 71.0 Å². The molecular formula is C9H10O3. The van der Waals surface area contributed by atoms with Crippen molar-refractivity contribution in [3.63, 3.8) is 0 Å². The van der Waals surface area contributed by atoms with Gasteiger partial charge < -0.3 is 9.47 Å². The third-order valence-electron chi connectivity index (χ3n) is 1.40. The van der Waals surface area contributed by atoms with Crippen LogP contribution in [0.3, 0.4) is 0 Å². The Morgan fingerprint density at radius 3 is 3.17 bits per heavy atom. The second-order valence-electron chi connectivity index (χ2n) is 2.26. The zero-order valence-corrected chi connectivity index (χ0v) is 6.82. The van der Waals surface area contributed by atoms with Gasteiger partial charge in [-0.15, -0.1) is 0 Å². The zero-order valence-electron chi connectivity index (χ0n) is 6.82. The van der Waals surface area contributed by atoms with E-state index in [-0.39, 0.29) is 12.4 Å². The van der Waals surface area contributed by atoms with Crippen molar-refractivity contribution < 1.29 is 14.3 Å². The van der Waals surface area contributed by atoms with E-state index in [0.717, 1.165) is 5.57 Å². The SMILES string of the molecule is COC(=O)CC1=CC=COC=C1. The Bertz CT molecular complexity index is 248. The molecule has 0 atom stereocenters. The first-order valence-electron chi connectivity index (χ1n) is 3.57. The molecule has 1 heterocycles. The Morgan fingerprint density at radius 2 is 2.42 bits per heavy atom. The van der Waals surface area contributed by atoms with Gasteiger partial charge in [0.15, 0.2) is 0 Å². The smallest absolute Gasteiger partial charge is 0.309 e. The van der Waals surface area contributed by atoms with Gasteiger partial charge in [0.25, 0.3) is 0 Å². The van der Waals surface area contributed by atoms with Crippen molar-refractivity contribution in [2.24, 2.45) is 0 Å². The molecule has 0 saturated heterocycles. The molecule has 1 aliphatic heterocycles. The van der Waals surface area contributed by atoms with Crippen LogP contribution in [-0.4, -0.2) is 13.1 Å². The lowest BCUT2D eigenvalue weighted by Gasteiger charge is -1.97. The van der Waals surface area contributed by atoms with Gasteiger partial charge >= 0.3 is 5.97 Å². The van der Waals surface area contributed by atoms with Gasteiger partial charge in [-0.3, -0.25) is 4.79 Å². The average Bonchev–Trinajstić information content (AvgIpc) is 2.33. The molecule has 0 saturated carbocycles. The fraction of sp³-hybridized carbons (Fsp3) is 0.222. The van der Waals surface area contributed by atoms with Gasteiger partial charge in [0, 0.05) is 0 Å². The first-order valence-corrected chi connectivity index (χ1v) is 3.57. The summed E-state index contributed by atoms with van der Waals surface area (Å²) in [5.41, 5.74) is 0.871. The fourth-order valence-electron chi connectivity index (χ4n) is 0.793. The highest BCUT2D eigenvalue weighted by molar-refractivity contribution is 5.73. The number of carbonyl (C=O) groups excluding carboxylic acids is 1. The molecule has 3 nitrogen and oxygen atoms in total. The van der Waals surface area contributed by atoms with Crippen LogP contribution in [0.25, 0.3) is 0 Å². The van der Waals surface area contributed by atoms with E-state index in [1.165, 1.54) is 13.4 Å². The normalized spacial score (nSPS) is 14.6. The van der Waals surface area contributed by atoms with E-state index in [2.05, 4.69) is 4.74 Å². The molecule has 1 rings (SSSR count). The molecule has 0 N–H and O–H groups in total. The molecule has 0 aromatic carbocycles. The largest absolute Gasteiger partial charge is 0.473 e. The molecule has 0 radical (unpaired) electrons. The molecule has 0 aromatic rings. The molecule has 0 amide bonds. The van der Waals surface area contributed by atoms with Gasteiger partial charge in [0.1, 0.15) is 0 Å². The minimum absolute atomic E-state index is 0.249. The monoisotopic (exact) mass is 166 g/mol. The second-order valence-corrected chi connectivity index (χ2v) is 2.26. The Balaban J connectivity index is 2.56. The topological polar surface area (TPSA) is 35.5 Å². The van der Waals surface area contributed by atoms with Gasteiger partial charge in [0.2, 0.25) is 0 Å². The van der Waals surface area contributed by atoms with Crippen molar-refractivity contribution in [1.29, 1.82) is 0 Å². The van der Waals surface area contributed by atoms with Crippen molar-refractivity contribution in [2.45, 2.75) is 6.42 Å². The maximum Gasteiger partial charge on any atom is 0.309 e. The lowest BCUT2D eigenvalue weighted by molar-refractivity contribution is -0.139. The molecule has 0 spiro atoms. The lowest BCUT2D eigenvalue weighted by Crippen LogP contribution is -2.00. The maximum absolute atomic E-state index is 10.8. The van der Waals surface area contributed by atoms with Crippen LogP contribution in [0.15, 0.2) is 36.3 Å². The van der Waals surface area contributed by atoms with Crippen LogP contribution in [-0.2, 0) is 14.3 Å². The summed E-state index contributed by atoms with van der Waals surface area (Å²) in [7, 11) is 1.37. The minimum Gasteiger partial charge on any atom is -0.473 e. The highest BCUT2D eigenvalue weighted by Gasteiger charge is 2.02. The average molecular weight is 166 g/mol. The Kier molecular flexibility index (Phi) is 3.14. The summed E-state index contributed by atoms with van der Waals surface area (Å²) in [4.78, 5) is 10.8. The molecule has 0 bridgehead atoms. The van der Waals surface area contributed by atoms with Gasteiger partial charge in [0.05, 0.1) is 26.1 Å². The molecule has 1 aliphatic rings. The van der Waals surface area contributed by atoms with E-state index < -0.39 is 0 Å². The van der Waals surface area contributed by atoms with Crippen LogP contribution in [0.5, 0.6) is 0 Å².